The molecule has 3 nitrogen and oxygen atoms in total. The fourth-order valence-electron chi connectivity index (χ4n) is 1.76. The molecule has 0 aliphatic carbocycles. The molecule has 0 saturated carbocycles. The average molecular weight is 283 g/mol. The minimum Gasteiger partial charge on any atom is -0.399 e. The van der Waals surface area contributed by atoms with Crippen LogP contribution in [0.5, 0.6) is 0 Å². The van der Waals surface area contributed by atoms with E-state index in [1.165, 1.54) is 11.1 Å². The van der Waals surface area contributed by atoms with Gasteiger partial charge in [-0.3, -0.25) is 0 Å². The van der Waals surface area contributed by atoms with Gasteiger partial charge in [-0.25, -0.2) is 0 Å². The molecule has 3 heteroatoms. The number of hydrogen-bond acceptors (Lipinski definition) is 3. The van der Waals surface area contributed by atoms with Crippen LogP contribution in [0.1, 0.15) is 18.1 Å². The Morgan fingerprint density at radius 1 is 0.905 bits per heavy atom. The van der Waals surface area contributed by atoms with Gasteiger partial charge in [0, 0.05) is 17.9 Å². The van der Waals surface area contributed by atoms with Gasteiger partial charge in [0.15, 0.2) is 0 Å². The maximum absolute atomic E-state index is 5.55. The second-order valence-corrected chi connectivity index (χ2v) is 4.74. The summed E-state index contributed by atoms with van der Waals surface area (Å²) in [6.45, 7) is 6.63. The molecule has 112 valence electrons. The summed E-state index contributed by atoms with van der Waals surface area (Å²) in [6, 6.07) is 15.9. The minimum absolute atomic E-state index is 0.815. The molecule has 2 aromatic carbocycles. The predicted molar refractivity (Wildman–Crippen MR) is 93.0 cm³/mol. The standard InChI is InChI=1S/C10H14N2.C8H11N/c1-2-12-8-7-9-3-5-10(11)6-4-9;1-2-7-3-5-8(9)6-4-7/h2-6,12H,1,7-8,11H2;3-6H,2,9H2,1H3. The number of rotatable bonds is 5. The van der Waals surface area contributed by atoms with Crippen LogP contribution in [-0.2, 0) is 12.8 Å². The van der Waals surface area contributed by atoms with E-state index in [0.29, 0.717) is 0 Å². The van der Waals surface area contributed by atoms with Crippen molar-refractivity contribution >= 4 is 11.4 Å². The second-order valence-electron chi connectivity index (χ2n) is 4.74. The van der Waals surface area contributed by atoms with Gasteiger partial charge >= 0.3 is 0 Å². The van der Waals surface area contributed by atoms with E-state index in [0.717, 1.165) is 30.8 Å². The van der Waals surface area contributed by atoms with Crippen molar-refractivity contribution < 1.29 is 0 Å². The van der Waals surface area contributed by atoms with Crippen LogP contribution in [0.25, 0.3) is 0 Å². The van der Waals surface area contributed by atoms with Crippen LogP contribution >= 0.6 is 0 Å². The van der Waals surface area contributed by atoms with E-state index in [1.54, 1.807) is 6.20 Å². The first kappa shape index (κ1) is 16.6. The molecule has 0 unspecified atom stereocenters. The lowest BCUT2D eigenvalue weighted by atomic mass is 10.1. The zero-order valence-electron chi connectivity index (χ0n) is 12.7. The Morgan fingerprint density at radius 2 is 1.38 bits per heavy atom. The highest BCUT2D eigenvalue weighted by molar-refractivity contribution is 5.39. The lowest BCUT2D eigenvalue weighted by Gasteiger charge is -2.01. The highest BCUT2D eigenvalue weighted by Gasteiger charge is 1.90. The third-order valence-electron chi connectivity index (χ3n) is 3.07. The van der Waals surface area contributed by atoms with Gasteiger partial charge < -0.3 is 16.8 Å². The fraction of sp³-hybridized carbons (Fsp3) is 0.222. The van der Waals surface area contributed by atoms with Crippen LogP contribution in [0.3, 0.4) is 0 Å². The topological polar surface area (TPSA) is 64.1 Å². The molecule has 5 N–H and O–H groups in total. The first-order chi connectivity index (χ1) is 10.2. The van der Waals surface area contributed by atoms with E-state index < -0.39 is 0 Å². The minimum atomic E-state index is 0.815. The van der Waals surface area contributed by atoms with Crippen LogP contribution in [0, 0.1) is 0 Å². The van der Waals surface area contributed by atoms with Gasteiger partial charge in [0.25, 0.3) is 0 Å². The molecule has 2 rings (SSSR count). The summed E-state index contributed by atoms with van der Waals surface area (Å²) in [6.07, 6.45) is 3.80. The molecule has 2 aromatic rings. The van der Waals surface area contributed by atoms with Crippen molar-refractivity contribution in [3.05, 3.63) is 72.4 Å². The van der Waals surface area contributed by atoms with Gasteiger partial charge in [0.05, 0.1) is 0 Å². The lowest BCUT2D eigenvalue weighted by Crippen LogP contribution is -2.08. The van der Waals surface area contributed by atoms with Gasteiger partial charge in [0.1, 0.15) is 0 Å². The molecule has 0 bridgehead atoms. The average Bonchev–Trinajstić information content (AvgIpc) is 2.51. The predicted octanol–water partition coefficient (Wildman–Crippen LogP) is 3.38. The largest absolute Gasteiger partial charge is 0.399 e. The quantitative estimate of drug-likeness (QED) is 0.582. The molecule has 0 aromatic heterocycles. The Kier molecular flexibility index (Phi) is 7.51. The van der Waals surface area contributed by atoms with E-state index in [2.05, 4.69) is 31.0 Å². The zero-order valence-corrected chi connectivity index (χ0v) is 12.7. The zero-order chi connectivity index (χ0) is 15.5. The SMILES string of the molecule is C=CNCCc1ccc(N)cc1.CCc1ccc(N)cc1. The van der Waals surface area contributed by atoms with Crippen molar-refractivity contribution in [3.63, 3.8) is 0 Å². The molecule has 21 heavy (non-hydrogen) atoms. The van der Waals surface area contributed by atoms with Gasteiger partial charge in [-0.15, -0.1) is 0 Å². The first-order valence-electron chi connectivity index (χ1n) is 7.18. The van der Waals surface area contributed by atoms with Crippen molar-refractivity contribution in [1.29, 1.82) is 0 Å². The molecule has 0 radical (unpaired) electrons. The third kappa shape index (κ3) is 7.06. The van der Waals surface area contributed by atoms with E-state index in [4.69, 9.17) is 11.5 Å². The smallest absolute Gasteiger partial charge is 0.0314 e. The van der Waals surface area contributed by atoms with Crippen molar-refractivity contribution in [2.75, 3.05) is 18.0 Å². The summed E-state index contributed by atoms with van der Waals surface area (Å²) in [5, 5.41) is 3.04. The number of hydrogen-bond donors (Lipinski definition) is 3. The Labute approximate surface area is 127 Å². The molecule has 0 aliphatic rings. The van der Waals surface area contributed by atoms with E-state index >= 15 is 0 Å². The first-order valence-corrected chi connectivity index (χ1v) is 7.18. The highest BCUT2D eigenvalue weighted by atomic mass is 14.8. The number of aryl methyl sites for hydroxylation is 1. The number of benzene rings is 2. The number of nitrogens with one attached hydrogen (secondary N) is 1. The summed E-state index contributed by atoms with van der Waals surface area (Å²) >= 11 is 0. The molecule has 0 spiro atoms. The molecule has 0 heterocycles. The summed E-state index contributed by atoms with van der Waals surface area (Å²) in [7, 11) is 0. The Hall–Kier alpha value is -2.42. The van der Waals surface area contributed by atoms with Crippen LogP contribution in [0.4, 0.5) is 11.4 Å². The Balaban J connectivity index is 0.000000219. The van der Waals surface area contributed by atoms with Gasteiger partial charge in [-0.05, 0) is 54.4 Å². The fourth-order valence-corrected chi connectivity index (χ4v) is 1.76. The number of nitrogen functional groups attached to an aromatic ring is 2. The maximum Gasteiger partial charge on any atom is 0.0314 e. The van der Waals surface area contributed by atoms with Gasteiger partial charge in [-0.2, -0.15) is 0 Å². The molecule has 0 saturated heterocycles. The number of nitrogens with two attached hydrogens (primary N) is 2. The Morgan fingerprint density at radius 3 is 1.81 bits per heavy atom. The van der Waals surface area contributed by atoms with Crippen molar-refractivity contribution in [2.24, 2.45) is 0 Å². The van der Waals surface area contributed by atoms with E-state index in [-0.39, 0.29) is 0 Å². The molecule has 0 amide bonds. The summed E-state index contributed by atoms with van der Waals surface area (Å²) in [5.41, 5.74) is 15.3. The van der Waals surface area contributed by atoms with E-state index in [1.807, 2.05) is 36.4 Å². The summed E-state index contributed by atoms with van der Waals surface area (Å²) in [4.78, 5) is 0. The second kappa shape index (κ2) is 9.48. The molecular weight excluding hydrogens is 258 g/mol. The number of anilines is 2. The monoisotopic (exact) mass is 283 g/mol. The van der Waals surface area contributed by atoms with Crippen LogP contribution in [0.2, 0.25) is 0 Å². The molecule has 0 atom stereocenters. The van der Waals surface area contributed by atoms with Crippen molar-refractivity contribution in [1.82, 2.24) is 5.32 Å². The Bertz CT molecular complexity index is 515. The summed E-state index contributed by atoms with van der Waals surface area (Å²) < 4.78 is 0. The maximum atomic E-state index is 5.55. The van der Waals surface area contributed by atoms with Crippen LogP contribution in [-0.4, -0.2) is 6.54 Å². The normalized spacial score (nSPS) is 9.38. The molecular formula is C18H25N3. The van der Waals surface area contributed by atoms with Crippen LogP contribution in [0.15, 0.2) is 61.3 Å². The van der Waals surface area contributed by atoms with Gasteiger partial charge in [0.2, 0.25) is 0 Å². The lowest BCUT2D eigenvalue weighted by molar-refractivity contribution is 0.834. The summed E-state index contributed by atoms with van der Waals surface area (Å²) in [5.74, 6) is 0. The van der Waals surface area contributed by atoms with Crippen molar-refractivity contribution in [2.45, 2.75) is 19.8 Å². The van der Waals surface area contributed by atoms with Crippen molar-refractivity contribution in [3.8, 4) is 0 Å². The van der Waals surface area contributed by atoms with E-state index in [9.17, 15) is 0 Å². The third-order valence-corrected chi connectivity index (χ3v) is 3.07. The molecule has 0 fully saturated rings. The highest BCUT2D eigenvalue weighted by Crippen LogP contribution is 2.05. The van der Waals surface area contributed by atoms with Crippen LogP contribution < -0.4 is 16.8 Å². The van der Waals surface area contributed by atoms with Gasteiger partial charge in [-0.1, -0.05) is 37.8 Å². The molecule has 0 aliphatic heterocycles.